The van der Waals surface area contributed by atoms with E-state index in [4.69, 9.17) is 0 Å². The number of piperazine rings is 1. The van der Waals surface area contributed by atoms with Gasteiger partial charge in [0.25, 0.3) is 0 Å². The third-order valence-electron chi connectivity index (χ3n) is 5.28. The van der Waals surface area contributed by atoms with E-state index in [9.17, 15) is 19.2 Å². The second-order valence-electron chi connectivity index (χ2n) is 6.77. The highest BCUT2D eigenvalue weighted by molar-refractivity contribution is 6.03. The topological polar surface area (TPSA) is 102 Å². The lowest BCUT2D eigenvalue weighted by molar-refractivity contribution is -0.137. The van der Waals surface area contributed by atoms with Crippen molar-refractivity contribution in [2.45, 2.75) is 24.8 Å². The van der Waals surface area contributed by atoms with Gasteiger partial charge in [-0.2, -0.15) is 0 Å². The second kappa shape index (κ2) is 6.39. The summed E-state index contributed by atoms with van der Waals surface area (Å²) in [7, 11) is 2.03. The Morgan fingerprint density at radius 3 is 2.67 bits per heavy atom. The number of likely N-dealkylation sites (N-methyl/N-ethyl adjacent to an activating group) is 1. The van der Waals surface area contributed by atoms with Crippen LogP contribution in [0.5, 0.6) is 0 Å². The fourth-order valence-electron chi connectivity index (χ4n) is 3.68. The molecule has 3 heterocycles. The minimum absolute atomic E-state index is 0.0518. The Morgan fingerprint density at radius 1 is 1.17 bits per heavy atom. The molecule has 3 saturated heterocycles. The minimum Gasteiger partial charge on any atom is -0.356 e. The lowest BCUT2D eigenvalue weighted by Crippen LogP contribution is -2.63. The largest absolute Gasteiger partial charge is 0.356 e. The highest BCUT2D eigenvalue weighted by Crippen LogP contribution is 2.30. The van der Waals surface area contributed by atoms with Gasteiger partial charge in [0, 0.05) is 38.1 Å². The first kappa shape index (κ1) is 16.7. The summed E-state index contributed by atoms with van der Waals surface area (Å²) in [5.41, 5.74) is -0.212. The molecule has 1 atom stereocenters. The van der Waals surface area contributed by atoms with Gasteiger partial charge in [-0.25, -0.2) is 4.79 Å². The van der Waals surface area contributed by atoms with Gasteiger partial charge in [-0.3, -0.25) is 24.6 Å². The van der Waals surface area contributed by atoms with E-state index in [1.807, 2.05) is 7.05 Å². The molecule has 9 nitrogen and oxygen atoms in total. The summed E-state index contributed by atoms with van der Waals surface area (Å²) in [6.07, 6.45) is 1.96. The summed E-state index contributed by atoms with van der Waals surface area (Å²) < 4.78 is 0. The summed E-state index contributed by atoms with van der Waals surface area (Å²) in [5.74, 6) is -0.483. The number of rotatable bonds is 2. The number of carbonyl (C=O) groups excluding carboxylic acids is 4. The lowest BCUT2D eigenvalue weighted by Gasteiger charge is -2.49. The van der Waals surface area contributed by atoms with Crippen LogP contribution in [0.25, 0.3) is 0 Å². The van der Waals surface area contributed by atoms with E-state index in [0.717, 1.165) is 13.0 Å². The fourth-order valence-corrected chi connectivity index (χ4v) is 3.68. The molecule has 3 aliphatic heterocycles. The molecule has 1 unspecified atom stereocenters. The van der Waals surface area contributed by atoms with Crippen molar-refractivity contribution in [1.29, 1.82) is 0 Å². The monoisotopic (exact) mass is 337 g/mol. The normalized spacial score (nSPS) is 28.8. The Balaban J connectivity index is 1.66. The molecule has 0 aromatic rings. The van der Waals surface area contributed by atoms with E-state index in [2.05, 4.69) is 15.5 Å². The van der Waals surface area contributed by atoms with Crippen LogP contribution in [0.4, 0.5) is 4.79 Å². The van der Waals surface area contributed by atoms with Gasteiger partial charge in [0.05, 0.1) is 0 Å². The zero-order chi connectivity index (χ0) is 17.3. The van der Waals surface area contributed by atoms with Crippen LogP contribution >= 0.6 is 0 Å². The van der Waals surface area contributed by atoms with E-state index in [1.54, 1.807) is 4.90 Å². The molecule has 1 spiro atoms. The number of urea groups is 1. The first-order valence-corrected chi connectivity index (χ1v) is 8.24. The first-order valence-electron chi connectivity index (χ1n) is 8.24. The maximum Gasteiger partial charge on any atom is 0.325 e. The van der Waals surface area contributed by atoms with Crippen LogP contribution in [0.2, 0.25) is 0 Å². The molecular formula is C15H23N5O4. The van der Waals surface area contributed by atoms with Crippen LogP contribution in [0.3, 0.4) is 0 Å². The third kappa shape index (κ3) is 3.21. The molecule has 0 aromatic heterocycles. The van der Waals surface area contributed by atoms with Gasteiger partial charge in [-0.05, 0) is 19.9 Å². The summed E-state index contributed by atoms with van der Waals surface area (Å²) >= 11 is 0. The van der Waals surface area contributed by atoms with Crippen molar-refractivity contribution < 1.29 is 19.2 Å². The standard InChI is InChI=1S/C15H23N5O4/c1-18-6-7-19(10-15(18)3-2-11(21)16-5-4-15)13(23)9-20-8-12(22)17-14(20)24/h2-10H2,1H3,(H,16,21)(H,17,22,24). The number of nitrogens with one attached hydrogen (secondary N) is 2. The van der Waals surface area contributed by atoms with Gasteiger partial charge < -0.3 is 15.1 Å². The van der Waals surface area contributed by atoms with Crippen molar-refractivity contribution in [2.24, 2.45) is 0 Å². The second-order valence-corrected chi connectivity index (χ2v) is 6.77. The van der Waals surface area contributed by atoms with Crippen molar-refractivity contribution >= 4 is 23.8 Å². The highest BCUT2D eigenvalue weighted by atomic mass is 16.2. The van der Waals surface area contributed by atoms with Crippen LogP contribution in [0.15, 0.2) is 0 Å². The maximum absolute atomic E-state index is 12.6. The zero-order valence-corrected chi connectivity index (χ0v) is 13.8. The van der Waals surface area contributed by atoms with Crippen molar-refractivity contribution in [1.82, 2.24) is 25.3 Å². The van der Waals surface area contributed by atoms with Crippen molar-refractivity contribution in [3.8, 4) is 0 Å². The number of imide groups is 1. The summed E-state index contributed by atoms with van der Waals surface area (Å²) in [6.45, 7) is 2.30. The van der Waals surface area contributed by atoms with Gasteiger partial charge >= 0.3 is 6.03 Å². The Labute approximate surface area is 140 Å². The van der Waals surface area contributed by atoms with E-state index in [0.29, 0.717) is 32.5 Å². The first-order chi connectivity index (χ1) is 11.4. The molecule has 0 radical (unpaired) electrons. The molecule has 0 saturated carbocycles. The van der Waals surface area contributed by atoms with Crippen LogP contribution in [-0.2, 0) is 14.4 Å². The predicted molar refractivity (Wildman–Crippen MR) is 83.9 cm³/mol. The Bertz CT molecular complexity index is 580. The van der Waals surface area contributed by atoms with E-state index < -0.39 is 6.03 Å². The minimum atomic E-state index is -0.513. The van der Waals surface area contributed by atoms with Crippen LogP contribution < -0.4 is 10.6 Å². The fraction of sp³-hybridized carbons (Fsp3) is 0.733. The van der Waals surface area contributed by atoms with Gasteiger partial charge in [0.15, 0.2) is 0 Å². The Morgan fingerprint density at radius 2 is 1.96 bits per heavy atom. The molecule has 2 N–H and O–H groups in total. The Hall–Kier alpha value is -2.16. The number of carbonyl (C=O) groups is 4. The summed E-state index contributed by atoms with van der Waals surface area (Å²) in [6, 6.07) is -0.513. The van der Waals surface area contributed by atoms with Crippen molar-refractivity contribution in [3.63, 3.8) is 0 Å². The average Bonchev–Trinajstić information content (AvgIpc) is 2.73. The number of hydrogen-bond acceptors (Lipinski definition) is 5. The molecule has 0 aliphatic carbocycles. The zero-order valence-electron chi connectivity index (χ0n) is 13.8. The maximum atomic E-state index is 12.6. The summed E-state index contributed by atoms with van der Waals surface area (Å²) in [5, 5.41) is 5.06. The summed E-state index contributed by atoms with van der Waals surface area (Å²) in [4.78, 5) is 52.3. The van der Waals surface area contributed by atoms with E-state index in [-0.39, 0.29) is 36.3 Å². The molecular weight excluding hydrogens is 314 g/mol. The number of nitrogens with zero attached hydrogens (tertiary/aromatic N) is 3. The lowest BCUT2D eigenvalue weighted by atomic mass is 9.86. The molecule has 24 heavy (non-hydrogen) atoms. The van der Waals surface area contributed by atoms with Gasteiger partial charge in [-0.1, -0.05) is 0 Å². The molecule has 3 aliphatic rings. The van der Waals surface area contributed by atoms with E-state index in [1.165, 1.54) is 4.90 Å². The number of amides is 5. The molecule has 5 amide bonds. The van der Waals surface area contributed by atoms with Crippen molar-refractivity contribution in [2.75, 3.05) is 46.3 Å². The molecule has 132 valence electrons. The van der Waals surface area contributed by atoms with Gasteiger partial charge in [0.2, 0.25) is 17.7 Å². The SMILES string of the molecule is CN1CCN(C(=O)CN2CC(=O)NC2=O)CC12CCNC(=O)CC2. The van der Waals surface area contributed by atoms with Crippen LogP contribution in [-0.4, -0.2) is 90.3 Å². The van der Waals surface area contributed by atoms with Crippen molar-refractivity contribution in [3.05, 3.63) is 0 Å². The van der Waals surface area contributed by atoms with E-state index >= 15 is 0 Å². The Kier molecular flexibility index (Phi) is 4.44. The quantitative estimate of drug-likeness (QED) is 0.588. The molecule has 0 aromatic carbocycles. The third-order valence-corrected chi connectivity index (χ3v) is 5.28. The predicted octanol–water partition coefficient (Wildman–Crippen LogP) is -1.65. The molecule has 0 bridgehead atoms. The molecule has 3 fully saturated rings. The highest BCUT2D eigenvalue weighted by Gasteiger charge is 2.42. The van der Waals surface area contributed by atoms with Gasteiger partial charge in [-0.15, -0.1) is 0 Å². The smallest absolute Gasteiger partial charge is 0.325 e. The van der Waals surface area contributed by atoms with Gasteiger partial charge in [0.1, 0.15) is 13.1 Å². The number of hydrogen-bond donors (Lipinski definition) is 2. The average molecular weight is 337 g/mol. The molecule has 9 heteroatoms. The van der Waals surface area contributed by atoms with Crippen LogP contribution in [0.1, 0.15) is 19.3 Å². The molecule has 3 rings (SSSR count). The van der Waals surface area contributed by atoms with Crippen LogP contribution in [0, 0.1) is 0 Å².